The van der Waals surface area contributed by atoms with Gasteiger partial charge in [-0.2, -0.15) is 0 Å². The predicted octanol–water partition coefficient (Wildman–Crippen LogP) is 3.38. The van der Waals surface area contributed by atoms with Gasteiger partial charge in [0.15, 0.2) is 5.78 Å². The number of anilines is 1. The molecular weight excluding hydrogens is 383 g/mol. The molecule has 1 aromatic carbocycles. The second-order valence-corrected chi connectivity index (χ2v) is 7.67. The van der Waals surface area contributed by atoms with Crippen molar-refractivity contribution < 1.29 is 14.0 Å². The first-order valence-electron chi connectivity index (χ1n) is 8.86. The Bertz CT molecular complexity index is 885. The molecule has 1 heterocycles. The third-order valence-corrected chi connectivity index (χ3v) is 4.68. The van der Waals surface area contributed by atoms with E-state index in [4.69, 9.17) is 23.1 Å². The summed E-state index contributed by atoms with van der Waals surface area (Å²) in [6.07, 6.45) is 1.89. The number of ketones is 1. The lowest BCUT2D eigenvalue weighted by atomic mass is 9.93. The quantitative estimate of drug-likeness (QED) is 0.582. The van der Waals surface area contributed by atoms with Gasteiger partial charge >= 0.3 is 0 Å². The van der Waals surface area contributed by atoms with Crippen LogP contribution in [0.3, 0.4) is 0 Å². The Labute approximate surface area is 168 Å². The predicted molar refractivity (Wildman–Crippen MR) is 108 cm³/mol. The van der Waals surface area contributed by atoms with E-state index in [1.807, 2.05) is 6.92 Å². The molecule has 1 aromatic heterocycles. The van der Waals surface area contributed by atoms with Crippen LogP contribution in [0.25, 0.3) is 0 Å². The van der Waals surface area contributed by atoms with Gasteiger partial charge in [-0.1, -0.05) is 24.6 Å². The fourth-order valence-electron chi connectivity index (χ4n) is 3.09. The summed E-state index contributed by atoms with van der Waals surface area (Å²) in [6.45, 7) is 5.48. The summed E-state index contributed by atoms with van der Waals surface area (Å²) in [4.78, 5) is 28.0. The molecule has 0 aliphatic heterocycles. The zero-order chi connectivity index (χ0) is 21.1. The monoisotopic (exact) mass is 406 g/mol. The summed E-state index contributed by atoms with van der Waals surface area (Å²) in [5, 5.41) is 3.25. The molecule has 8 heteroatoms. The van der Waals surface area contributed by atoms with Crippen LogP contribution in [0.5, 0.6) is 0 Å². The Kier molecular flexibility index (Phi) is 6.74. The number of benzene rings is 1. The highest BCUT2D eigenvalue weighted by atomic mass is 35.5. The highest BCUT2D eigenvalue weighted by Gasteiger charge is 2.28. The number of nitrogen functional groups attached to an aromatic ring is 1. The summed E-state index contributed by atoms with van der Waals surface area (Å²) >= 11 is 6.14. The van der Waals surface area contributed by atoms with Crippen molar-refractivity contribution in [3.05, 3.63) is 58.0 Å². The third-order valence-electron chi connectivity index (χ3n) is 4.36. The van der Waals surface area contributed by atoms with Gasteiger partial charge in [0.05, 0.1) is 10.6 Å². The van der Waals surface area contributed by atoms with Crippen LogP contribution in [-0.4, -0.2) is 22.2 Å². The first-order chi connectivity index (χ1) is 13.1. The molecule has 5 N–H and O–H groups in total. The lowest BCUT2D eigenvalue weighted by Gasteiger charge is -2.31. The molecular formula is C20H24ClFN4O2. The number of primary amides is 1. The van der Waals surface area contributed by atoms with Crippen LogP contribution < -0.4 is 16.8 Å². The topological polar surface area (TPSA) is 111 Å². The van der Waals surface area contributed by atoms with Gasteiger partial charge in [-0.05, 0) is 38.5 Å². The molecule has 0 fully saturated rings. The average molecular weight is 407 g/mol. The summed E-state index contributed by atoms with van der Waals surface area (Å²) in [5.74, 6) is -1.49. The molecule has 2 rings (SSSR count). The highest BCUT2D eigenvalue weighted by Crippen LogP contribution is 2.31. The minimum absolute atomic E-state index is 0.00863. The van der Waals surface area contributed by atoms with Crippen molar-refractivity contribution in [3.63, 3.8) is 0 Å². The maximum absolute atomic E-state index is 15.3. The van der Waals surface area contributed by atoms with E-state index in [2.05, 4.69) is 10.3 Å². The number of rotatable bonds is 8. The molecule has 0 radical (unpaired) electrons. The molecule has 0 aliphatic rings. The van der Waals surface area contributed by atoms with Crippen molar-refractivity contribution in [2.24, 2.45) is 5.73 Å². The number of nitrogens with two attached hydrogens (primary N) is 2. The lowest BCUT2D eigenvalue weighted by molar-refractivity contribution is -0.119. The van der Waals surface area contributed by atoms with Gasteiger partial charge in [-0.15, -0.1) is 0 Å². The minimum Gasteiger partial charge on any atom is -0.384 e. The highest BCUT2D eigenvalue weighted by molar-refractivity contribution is 6.35. The minimum atomic E-state index is -0.705. The van der Waals surface area contributed by atoms with E-state index >= 15 is 4.39 Å². The van der Waals surface area contributed by atoms with Crippen molar-refractivity contribution in [1.82, 2.24) is 10.3 Å². The Morgan fingerprint density at radius 3 is 2.50 bits per heavy atom. The summed E-state index contributed by atoms with van der Waals surface area (Å²) in [5.41, 5.74) is 10.4. The largest absolute Gasteiger partial charge is 0.384 e. The van der Waals surface area contributed by atoms with Gasteiger partial charge in [0, 0.05) is 35.3 Å². The van der Waals surface area contributed by atoms with E-state index in [0.717, 1.165) is 0 Å². The Morgan fingerprint density at radius 1 is 1.29 bits per heavy atom. The summed E-state index contributed by atoms with van der Waals surface area (Å²) in [7, 11) is 0. The SMILES string of the molecule is CCC(NC(C)(C)CC(N)=O)c1ccc(Cl)c(C(=O)c2ccc(N)nc2)c1F. The van der Waals surface area contributed by atoms with Crippen molar-refractivity contribution in [3.8, 4) is 0 Å². The number of pyridine rings is 1. The van der Waals surface area contributed by atoms with Crippen molar-refractivity contribution in [1.29, 1.82) is 0 Å². The van der Waals surface area contributed by atoms with Gasteiger partial charge in [0.2, 0.25) is 5.91 Å². The Hall–Kier alpha value is -2.51. The number of carbonyl (C=O) groups excluding carboxylic acids is 2. The Morgan fingerprint density at radius 2 is 1.96 bits per heavy atom. The standard InChI is InChI=1S/C20H24ClFN4O2/c1-4-14(26-20(2,3)9-16(24)27)12-6-7-13(21)17(18(12)22)19(28)11-5-8-15(23)25-10-11/h5-8,10,14,26H,4,9H2,1-3H3,(H2,23,25)(H2,24,27). The van der Waals surface area contributed by atoms with Gasteiger partial charge < -0.3 is 16.8 Å². The molecule has 0 saturated heterocycles. The molecule has 150 valence electrons. The van der Waals surface area contributed by atoms with Crippen LogP contribution in [0.4, 0.5) is 10.2 Å². The third kappa shape index (κ3) is 5.05. The number of carbonyl (C=O) groups is 2. The molecule has 28 heavy (non-hydrogen) atoms. The van der Waals surface area contributed by atoms with E-state index in [1.54, 1.807) is 13.8 Å². The maximum atomic E-state index is 15.3. The average Bonchev–Trinajstić information content (AvgIpc) is 2.59. The van der Waals surface area contributed by atoms with Gasteiger partial charge in [-0.3, -0.25) is 9.59 Å². The van der Waals surface area contributed by atoms with Gasteiger partial charge in [-0.25, -0.2) is 9.37 Å². The van der Waals surface area contributed by atoms with Crippen LogP contribution in [0, 0.1) is 5.82 Å². The first-order valence-corrected chi connectivity index (χ1v) is 9.23. The fourth-order valence-corrected chi connectivity index (χ4v) is 3.32. The number of nitrogens with zero attached hydrogens (tertiary/aromatic N) is 1. The van der Waals surface area contributed by atoms with Gasteiger partial charge in [0.25, 0.3) is 0 Å². The van der Waals surface area contributed by atoms with Crippen LogP contribution in [0.15, 0.2) is 30.5 Å². The summed E-state index contributed by atoms with van der Waals surface area (Å²) in [6, 6.07) is 5.52. The van der Waals surface area contributed by atoms with Gasteiger partial charge in [0.1, 0.15) is 11.6 Å². The number of aromatic nitrogens is 1. The molecule has 1 amide bonds. The number of hydrogen-bond acceptors (Lipinski definition) is 5. The normalized spacial score (nSPS) is 12.6. The molecule has 6 nitrogen and oxygen atoms in total. The van der Waals surface area contributed by atoms with Crippen molar-refractivity contribution in [2.45, 2.75) is 45.2 Å². The number of halogens is 2. The van der Waals surface area contributed by atoms with E-state index in [0.29, 0.717) is 6.42 Å². The molecule has 1 unspecified atom stereocenters. The molecule has 1 atom stereocenters. The number of hydrogen-bond donors (Lipinski definition) is 3. The van der Waals surface area contributed by atoms with E-state index in [1.165, 1.54) is 30.5 Å². The zero-order valence-corrected chi connectivity index (χ0v) is 16.8. The number of nitrogens with one attached hydrogen (secondary N) is 1. The van der Waals surface area contributed by atoms with Crippen molar-refractivity contribution >= 4 is 29.1 Å². The maximum Gasteiger partial charge on any atom is 0.219 e. The van der Waals surface area contributed by atoms with Crippen LogP contribution in [0.1, 0.15) is 61.1 Å². The van der Waals surface area contributed by atoms with E-state index in [9.17, 15) is 9.59 Å². The van der Waals surface area contributed by atoms with E-state index in [-0.39, 0.29) is 34.0 Å². The second-order valence-electron chi connectivity index (χ2n) is 7.26. The molecule has 0 saturated carbocycles. The zero-order valence-electron chi connectivity index (χ0n) is 16.1. The van der Waals surface area contributed by atoms with Crippen LogP contribution >= 0.6 is 11.6 Å². The van der Waals surface area contributed by atoms with Crippen molar-refractivity contribution in [2.75, 3.05) is 5.73 Å². The van der Waals surface area contributed by atoms with E-state index < -0.39 is 29.1 Å². The molecule has 0 bridgehead atoms. The summed E-state index contributed by atoms with van der Waals surface area (Å²) < 4.78 is 15.3. The second kappa shape index (κ2) is 8.67. The van der Waals surface area contributed by atoms with Crippen LogP contribution in [0.2, 0.25) is 5.02 Å². The lowest BCUT2D eigenvalue weighted by Crippen LogP contribution is -2.44. The number of amides is 1. The molecule has 2 aromatic rings. The molecule has 0 spiro atoms. The fraction of sp³-hybridized carbons (Fsp3) is 0.350. The first kappa shape index (κ1) is 21.8. The smallest absolute Gasteiger partial charge is 0.219 e. The van der Waals surface area contributed by atoms with Crippen LogP contribution in [-0.2, 0) is 4.79 Å². The Balaban J connectivity index is 2.43. The molecule has 0 aliphatic carbocycles.